The van der Waals surface area contributed by atoms with Crippen LogP contribution >= 0.6 is 11.6 Å². The third kappa shape index (κ3) is 2.11. The summed E-state index contributed by atoms with van der Waals surface area (Å²) in [5, 5.41) is 17.2. The van der Waals surface area contributed by atoms with Gasteiger partial charge in [-0.25, -0.2) is 4.39 Å². The van der Waals surface area contributed by atoms with Gasteiger partial charge in [0.05, 0.1) is 10.6 Å². The zero-order valence-electron chi connectivity index (χ0n) is 6.31. The topological polar surface area (TPSA) is 44.0 Å². The molecule has 1 rings (SSSR count). The number of nitriles is 1. The second kappa shape index (κ2) is 3.80. The zero-order valence-corrected chi connectivity index (χ0v) is 7.06. The third-order valence-electron chi connectivity index (χ3n) is 1.28. The van der Waals surface area contributed by atoms with Crippen LogP contribution in [0.15, 0.2) is 12.1 Å². The summed E-state index contributed by atoms with van der Waals surface area (Å²) in [4.78, 5) is 0. The maximum absolute atomic E-state index is 12.7. The van der Waals surface area contributed by atoms with Crippen LogP contribution in [0, 0.1) is 29.0 Å². The largest absolute Gasteiger partial charge is 0.505 e. The molecule has 2 nitrogen and oxygen atoms in total. The lowest BCUT2D eigenvalue weighted by atomic mass is 10.2. The first-order valence-electron chi connectivity index (χ1n) is 3.23. The normalized spacial score (nSPS) is 8.38. The van der Waals surface area contributed by atoms with E-state index >= 15 is 0 Å². The lowest BCUT2D eigenvalue weighted by molar-refractivity contribution is 0.471. The van der Waals surface area contributed by atoms with E-state index in [0.29, 0.717) is 0 Å². The Morgan fingerprint density at radius 1 is 1.46 bits per heavy atom. The first kappa shape index (κ1) is 9.38. The van der Waals surface area contributed by atoms with Gasteiger partial charge in [0.2, 0.25) is 0 Å². The van der Waals surface area contributed by atoms with E-state index in [-0.39, 0.29) is 16.3 Å². The predicted molar refractivity (Wildman–Crippen MR) is 45.6 cm³/mol. The molecule has 0 bridgehead atoms. The molecule has 64 valence electrons. The van der Waals surface area contributed by atoms with E-state index in [1.807, 2.05) is 5.92 Å². The maximum atomic E-state index is 12.7. The molecule has 1 aromatic rings. The second-order valence-corrected chi connectivity index (χ2v) is 2.55. The number of phenolic OH excluding ortho intramolecular Hbond substituents is 1. The van der Waals surface area contributed by atoms with E-state index in [0.717, 1.165) is 12.1 Å². The molecule has 0 heterocycles. The fraction of sp³-hybridized carbons (Fsp3) is 0. The van der Waals surface area contributed by atoms with Crippen LogP contribution in [0.5, 0.6) is 5.75 Å². The molecule has 0 aromatic heterocycles. The van der Waals surface area contributed by atoms with Gasteiger partial charge >= 0.3 is 0 Å². The lowest BCUT2D eigenvalue weighted by Crippen LogP contribution is -1.81. The third-order valence-corrected chi connectivity index (χ3v) is 1.57. The smallest absolute Gasteiger partial charge is 0.152 e. The van der Waals surface area contributed by atoms with Crippen LogP contribution < -0.4 is 0 Å². The van der Waals surface area contributed by atoms with Crippen LogP contribution in [0.25, 0.3) is 0 Å². The number of benzene rings is 1. The molecular weight excluding hydrogens is 193 g/mol. The van der Waals surface area contributed by atoms with E-state index in [1.165, 1.54) is 0 Å². The van der Waals surface area contributed by atoms with Crippen LogP contribution in [0.1, 0.15) is 5.56 Å². The first-order valence-corrected chi connectivity index (χ1v) is 3.61. The highest BCUT2D eigenvalue weighted by molar-refractivity contribution is 6.32. The summed E-state index contributed by atoms with van der Waals surface area (Å²) in [5.74, 6) is 3.37. The van der Waals surface area contributed by atoms with Crippen molar-refractivity contribution in [2.75, 3.05) is 0 Å². The van der Waals surface area contributed by atoms with Crippen molar-refractivity contribution in [1.29, 1.82) is 5.26 Å². The van der Waals surface area contributed by atoms with Crippen LogP contribution in [0.2, 0.25) is 5.02 Å². The van der Waals surface area contributed by atoms with Crippen LogP contribution in [0.4, 0.5) is 4.39 Å². The van der Waals surface area contributed by atoms with Crippen LogP contribution in [0.3, 0.4) is 0 Å². The van der Waals surface area contributed by atoms with Gasteiger partial charge in [0, 0.05) is 5.92 Å². The van der Waals surface area contributed by atoms with Crippen LogP contribution in [-0.4, -0.2) is 5.11 Å². The van der Waals surface area contributed by atoms with Crippen molar-refractivity contribution in [1.82, 2.24) is 0 Å². The summed E-state index contributed by atoms with van der Waals surface area (Å²) in [7, 11) is 0. The Balaban J connectivity index is 3.30. The molecule has 0 saturated carbocycles. The molecule has 0 saturated heterocycles. The summed E-state index contributed by atoms with van der Waals surface area (Å²) in [6, 6.07) is 3.52. The number of hydrogen-bond acceptors (Lipinski definition) is 2. The van der Waals surface area contributed by atoms with Crippen molar-refractivity contribution < 1.29 is 9.50 Å². The minimum atomic E-state index is -0.606. The van der Waals surface area contributed by atoms with E-state index in [1.54, 1.807) is 6.07 Å². The molecule has 0 aliphatic rings. The molecule has 1 N–H and O–H groups in total. The Kier molecular flexibility index (Phi) is 2.74. The van der Waals surface area contributed by atoms with E-state index in [9.17, 15) is 9.50 Å². The Labute approximate surface area is 79.2 Å². The maximum Gasteiger partial charge on any atom is 0.152 e. The van der Waals surface area contributed by atoms with Crippen molar-refractivity contribution >= 4 is 11.6 Å². The summed E-state index contributed by atoms with van der Waals surface area (Å²) < 4.78 is 12.7. The van der Waals surface area contributed by atoms with Gasteiger partial charge in [0.25, 0.3) is 0 Å². The highest BCUT2D eigenvalue weighted by atomic mass is 35.5. The fourth-order valence-corrected chi connectivity index (χ4v) is 0.963. The minimum Gasteiger partial charge on any atom is -0.505 e. The average Bonchev–Trinajstić information content (AvgIpc) is 2.09. The highest BCUT2D eigenvalue weighted by Crippen LogP contribution is 2.27. The van der Waals surface area contributed by atoms with E-state index in [4.69, 9.17) is 16.9 Å². The van der Waals surface area contributed by atoms with Gasteiger partial charge in [0.15, 0.2) is 6.07 Å². The quantitative estimate of drug-likeness (QED) is 0.644. The molecule has 0 atom stereocenters. The molecule has 4 heteroatoms. The van der Waals surface area contributed by atoms with Crippen molar-refractivity contribution in [3.63, 3.8) is 0 Å². The van der Waals surface area contributed by atoms with Crippen molar-refractivity contribution in [3.8, 4) is 23.7 Å². The number of phenols is 1. The molecule has 0 aliphatic heterocycles. The van der Waals surface area contributed by atoms with Gasteiger partial charge in [-0.15, -0.1) is 0 Å². The van der Waals surface area contributed by atoms with Gasteiger partial charge < -0.3 is 5.11 Å². The second-order valence-electron chi connectivity index (χ2n) is 2.15. The highest BCUT2D eigenvalue weighted by Gasteiger charge is 2.05. The van der Waals surface area contributed by atoms with Gasteiger partial charge in [-0.3, -0.25) is 0 Å². The minimum absolute atomic E-state index is 0.00606. The number of nitrogens with zero attached hydrogens (tertiary/aromatic N) is 1. The molecule has 13 heavy (non-hydrogen) atoms. The van der Waals surface area contributed by atoms with Gasteiger partial charge in [-0.05, 0) is 18.1 Å². The molecule has 0 amide bonds. The summed E-state index contributed by atoms with van der Waals surface area (Å²) >= 11 is 5.46. The number of aromatic hydroxyl groups is 1. The zero-order chi connectivity index (χ0) is 9.84. The monoisotopic (exact) mass is 195 g/mol. The van der Waals surface area contributed by atoms with Crippen molar-refractivity contribution in [2.24, 2.45) is 0 Å². The number of rotatable bonds is 0. The predicted octanol–water partition coefficient (Wildman–Crippen LogP) is 2.06. The van der Waals surface area contributed by atoms with Crippen molar-refractivity contribution in [3.05, 3.63) is 28.5 Å². The molecule has 0 fully saturated rings. The molecular formula is C9H3ClFNO. The standard InChI is InChI=1S/C9H3ClFNO/c10-8-5-7(11)4-6(9(8)13)2-1-3-12/h4-5,13H. The first-order chi connectivity index (χ1) is 6.15. The summed E-state index contributed by atoms with van der Waals surface area (Å²) in [6.07, 6.45) is 0. The lowest BCUT2D eigenvalue weighted by Gasteiger charge is -1.98. The molecule has 0 unspecified atom stereocenters. The average molecular weight is 196 g/mol. The number of halogens is 2. The Bertz CT molecular complexity index is 439. The molecule has 0 spiro atoms. The summed E-state index contributed by atoms with van der Waals surface area (Å²) in [5.41, 5.74) is 0.00606. The molecule has 0 aliphatic carbocycles. The molecule has 0 radical (unpaired) electrons. The van der Waals surface area contributed by atoms with Gasteiger partial charge in [-0.2, -0.15) is 5.26 Å². The van der Waals surface area contributed by atoms with Gasteiger partial charge in [0.1, 0.15) is 11.6 Å². The molecule has 1 aromatic carbocycles. The Morgan fingerprint density at radius 3 is 2.77 bits per heavy atom. The van der Waals surface area contributed by atoms with Crippen LogP contribution in [-0.2, 0) is 0 Å². The summed E-state index contributed by atoms with van der Waals surface area (Å²) in [6.45, 7) is 0. The number of hydrogen-bond donors (Lipinski definition) is 1. The SMILES string of the molecule is N#CC#Cc1cc(F)cc(Cl)c1O. The van der Waals surface area contributed by atoms with Gasteiger partial charge in [-0.1, -0.05) is 11.6 Å². The Hall–Kier alpha value is -1.71. The van der Waals surface area contributed by atoms with E-state index < -0.39 is 5.82 Å². The fourth-order valence-electron chi connectivity index (χ4n) is 0.757. The van der Waals surface area contributed by atoms with E-state index in [2.05, 4.69) is 5.92 Å². The Morgan fingerprint density at radius 2 is 2.15 bits per heavy atom. The van der Waals surface area contributed by atoms with Crippen molar-refractivity contribution in [2.45, 2.75) is 0 Å².